The summed E-state index contributed by atoms with van der Waals surface area (Å²) >= 11 is 0. The molecule has 0 aliphatic heterocycles. The Balaban J connectivity index is 5.44. The molecule has 0 spiro atoms. The normalized spacial score (nSPS) is 12.7. The van der Waals surface area contributed by atoms with E-state index in [1.807, 2.05) is 6.08 Å². The van der Waals surface area contributed by atoms with E-state index in [1.54, 1.807) is 0 Å². The lowest BCUT2D eigenvalue weighted by Crippen LogP contribution is -2.63. The number of allylic oxidation sites excluding steroid dienone is 2. The molecular formula is C18H38N2Si. The first kappa shape index (κ1) is 20.6. The number of nitrogens with zero attached hydrogens (tertiary/aromatic N) is 2. The standard InChI is InChI=1S/C18H38N2Si/c1-8-13-19(14-9-2)18(7,21-17(6)12-5)20(15-10-3)16-11-4/h12H,5-6,8-11,13-16,21H2,1-4,7H3. The highest BCUT2D eigenvalue weighted by Gasteiger charge is 2.36. The maximum atomic E-state index is 4.25. The molecule has 0 saturated heterocycles. The molecule has 0 fully saturated rings. The summed E-state index contributed by atoms with van der Waals surface area (Å²) in [7, 11) is -0.484. The molecule has 0 amide bonds. The van der Waals surface area contributed by atoms with Crippen molar-refractivity contribution in [3.63, 3.8) is 0 Å². The van der Waals surface area contributed by atoms with Crippen LogP contribution < -0.4 is 0 Å². The number of hydrogen-bond acceptors (Lipinski definition) is 2. The summed E-state index contributed by atoms with van der Waals surface area (Å²) in [5.74, 6) is 0. The van der Waals surface area contributed by atoms with E-state index in [0.717, 1.165) is 0 Å². The monoisotopic (exact) mass is 310 g/mol. The second kappa shape index (κ2) is 11.2. The zero-order valence-electron chi connectivity index (χ0n) is 15.2. The average Bonchev–Trinajstić information content (AvgIpc) is 2.46. The van der Waals surface area contributed by atoms with Crippen molar-refractivity contribution < 1.29 is 0 Å². The lowest BCUT2D eigenvalue weighted by molar-refractivity contribution is 0.0159. The van der Waals surface area contributed by atoms with E-state index in [9.17, 15) is 0 Å². The van der Waals surface area contributed by atoms with Crippen LogP contribution in [0, 0.1) is 0 Å². The van der Waals surface area contributed by atoms with Crippen LogP contribution in [0.2, 0.25) is 0 Å². The summed E-state index contributed by atoms with van der Waals surface area (Å²) in [6.45, 7) is 24.6. The second-order valence-electron chi connectivity index (χ2n) is 6.23. The van der Waals surface area contributed by atoms with E-state index in [-0.39, 0.29) is 5.29 Å². The minimum absolute atomic E-state index is 0.198. The Bertz CT molecular complexity index is 274. The third-order valence-corrected chi connectivity index (χ3v) is 6.49. The Labute approximate surface area is 136 Å². The van der Waals surface area contributed by atoms with Gasteiger partial charge in [0.05, 0.1) is 14.8 Å². The van der Waals surface area contributed by atoms with Gasteiger partial charge in [0.15, 0.2) is 0 Å². The minimum atomic E-state index is -0.484. The highest BCUT2D eigenvalue weighted by Crippen LogP contribution is 2.23. The van der Waals surface area contributed by atoms with Crippen LogP contribution in [0.3, 0.4) is 0 Å². The molecule has 0 radical (unpaired) electrons. The third kappa shape index (κ3) is 6.49. The van der Waals surface area contributed by atoms with Gasteiger partial charge in [-0.15, -0.1) is 6.58 Å². The van der Waals surface area contributed by atoms with Crippen molar-refractivity contribution in [3.8, 4) is 0 Å². The molecule has 0 atom stereocenters. The van der Waals surface area contributed by atoms with Gasteiger partial charge in [-0.25, -0.2) is 0 Å². The molecule has 0 N–H and O–H groups in total. The Morgan fingerprint density at radius 3 is 1.48 bits per heavy atom. The topological polar surface area (TPSA) is 6.48 Å². The van der Waals surface area contributed by atoms with Crippen LogP contribution in [-0.2, 0) is 0 Å². The van der Waals surface area contributed by atoms with E-state index in [4.69, 9.17) is 0 Å². The van der Waals surface area contributed by atoms with Crippen LogP contribution in [-0.4, -0.2) is 50.8 Å². The molecule has 0 aromatic heterocycles. The SMILES string of the molecule is C=CC(=C)[SiH2]C(C)(N(CCC)CCC)N(CCC)CCC. The quantitative estimate of drug-likeness (QED) is 0.290. The molecule has 0 aliphatic rings. The van der Waals surface area contributed by atoms with E-state index in [2.05, 4.69) is 57.6 Å². The van der Waals surface area contributed by atoms with Crippen LogP contribution in [0.4, 0.5) is 0 Å². The van der Waals surface area contributed by atoms with Crippen LogP contribution in [0.5, 0.6) is 0 Å². The Morgan fingerprint density at radius 1 is 0.905 bits per heavy atom. The van der Waals surface area contributed by atoms with Crippen LogP contribution in [0.15, 0.2) is 24.4 Å². The summed E-state index contributed by atoms with van der Waals surface area (Å²) in [4.78, 5) is 5.44. The minimum Gasteiger partial charge on any atom is -0.289 e. The molecule has 21 heavy (non-hydrogen) atoms. The smallest absolute Gasteiger partial charge is 0.0950 e. The summed E-state index contributed by atoms with van der Waals surface area (Å²) in [5, 5.41) is 1.48. The fourth-order valence-electron chi connectivity index (χ4n) is 3.19. The van der Waals surface area contributed by atoms with Gasteiger partial charge in [-0.2, -0.15) is 0 Å². The maximum absolute atomic E-state index is 4.25. The first-order valence-electron chi connectivity index (χ1n) is 8.80. The molecule has 0 unspecified atom stereocenters. The summed E-state index contributed by atoms with van der Waals surface area (Å²) in [5.41, 5.74) is 0. The Kier molecular flexibility index (Phi) is 11.0. The number of rotatable bonds is 13. The van der Waals surface area contributed by atoms with Gasteiger partial charge in [-0.05, 0) is 58.8 Å². The first-order chi connectivity index (χ1) is 9.99. The van der Waals surface area contributed by atoms with Crippen LogP contribution >= 0.6 is 0 Å². The lowest BCUT2D eigenvalue weighted by atomic mass is 10.2. The molecule has 2 nitrogen and oxygen atoms in total. The molecular weight excluding hydrogens is 272 g/mol. The molecule has 3 heteroatoms. The summed E-state index contributed by atoms with van der Waals surface area (Å²) in [6, 6.07) is 0. The maximum Gasteiger partial charge on any atom is 0.0950 e. The first-order valence-corrected chi connectivity index (χ1v) is 10.2. The molecule has 0 aromatic carbocycles. The lowest BCUT2D eigenvalue weighted by Gasteiger charge is -2.49. The number of hydrogen-bond donors (Lipinski definition) is 0. The van der Waals surface area contributed by atoms with E-state index < -0.39 is 9.52 Å². The Morgan fingerprint density at radius 2 is 1.24 bits per heavy atom. The summed E-state index contributed by atoms with van der Waals surface area (Å²) in [6.07, 6.45) is 6.86. The third-order valence-electron chi connectivity index (χ3n) is 4.19. The van der Waals surface area contributed by atoms with E-state index >= 15 is 0 Å². The van der Waals surface area contributed by atoms with Gasteiger partial charge in [0.1, 0.15) is 0 Å². The highest BCUT2D eigenvalue weighted by atomic mass is 28.2. The fraction of sp³-hybridized carbons (Fsp3) is 0.778. The predicted octanol–water partition coefficient (Wildman–Crippen LogP) is 3.77. The second-order valence-corrected chi connectivity index (χ2v) is 8.83. The van der Waals surface area contributed by atoms with E-state index in [0.29, 0.717) is 0 Å². The van der Waals surface area contributed by atoms with Gasteiger partial charge < -0.3 is 0 Å². The van der Waals surface area contributed by atoms with Crippen molar-refractivity contribution in [3.05, 3.63) is 24.4 Å². The van der Waals surface area contributed by atoms with Crippen LogP contribution in [0.1, 0.15) is 60.3 Å². The van der Waals surface area contributed by atoms with Gasteiger partial charge >= 0.3 is 0 Å². The zero-order chi connectivity index (χ0) is 16.3. The van der Waals surface area contributed by atoms with Crippen molar-refractivity contribution in [2.24, 2.45) is 0 Å². The predicted molar refractivity (Wildman–Crippen MR) is 101 cm³/mol. The van der Waals surface area contributed by atoms with Crippen molar-refractivity contribution in [1.82, 2.24) is 9.80 Å². The summed E-state index contributed by atoms with van der Waals surface area (Å²) < 4.78 is 0. The zero-order valence-corrected chi connectivity index (χ0v) is 16.7. The molecule has 124 valence electrons. The average molecular weight is 311 g/mol. The highest BCUT2D eigenvalue weighted by molar-refractivity contribution is 6.49. The Hall–Kier alpha value is -0.383. The van der Waals surface area contributed by atoms with Gasteiger partial charge in [0.25, 0.3) is 0 Å². The van der Waals surface area contributed by atoms with Crippen molar-refractivity contribution >= 4 is 9.52 Å². The van der Waals surface area contributed by atoms with Gasteiger partial charge in [0.2, 0.25) is 0 Å². The molecule has 0 saturated carbocycles. The van der Waals surface area contributed by atoms with Crippen molar-refractivity contribution in [1.29, 1.82) is 0 Å². The molecule has 0 aliphatic carbocycles. The molecule has 0 bridgehead atoms. The van der Waals surface area contributed by atoms with Crippen molar-refractivity contribution in [2.45, 2.75) is 65.6 Å². The fourth-order valence-corrected chi connectivity index (χ4v) is 5.28. The molecule has 0 heterocycles. The largest absolute Gasteiger partial charge is 0.289 e. The van der Waals surface area contributed by atoms with Crippen molar-refractivity contribution in [2.75, 3.05) is 26.2 Å². The van der Waals surface area contributed by atoms with Gasteiger partial charge in [-0.1, -0.05) is 45.5 Å². The molecule has 0 rings (SSSR count). The molecule has 0 aromatic rings. The van der Waals surface area contributed by atoms with E-state index in [1.165, 1.54) is 57.1 Å². The van der Waals surface area contributed by atoms with Gasteiger partial charge in [0, 0.05) is 0 Å². The van der Waals surface area contributed by atoms with Gasteiger partial charge in [-0.3, -0.25) is 9.80 Å². The van der Waals surface area contributed by atoms with Crippen LogP contribution in [0.25, 0.3) is 0 Å².